The van der Waals surface area contributed by atoms with Gasteiger partial charge in [-0.2, -0.15) is 0 Å². The Kier molecular flexibility index (Phi) is 4.22. The van der Waals surface area contributed by atoms with Crippen molar-refractivity contribution >= 4 is 11.6 Å². The Morgan fingerprint density at radius 2 is 1.59 bits per heavy atom. The molecule has 1 N–H and O–H groups in total. The van der Waals surface area contributed by atoms with Gasteiger partial charge in [-0.1, -0.05) is 55.0 Å². The lowest BCUT2D eigenvalue weighted by Gasteiger charge is -2.40. The van der Waals surface area contributed by atoms with E-state index in [0.717, 1.165) is 36.2 Å². The summed E-state index contributed by atoms with van der Waals surface area (Å²) in [5.41, 5.74) is 2.14. The summed E-state index contributed by atoms with van der Waals surface area (Å²) in [4.78, 5) is 26.3. The summed E-state index contributed by atoms with van der Waals surface area (Å²) in [5, 5.41) is 2.96. The second kappa shape index (κ2) is 6.58. The van der Waals surface area contributed by atoms with Crippen LogP contribution in [0.25, 0.3) is 5.69 Å². The Morgan fingerprint density at radius 3 is 2.15 bits per heavy atom. The number of hydrogen-bond donors (Lipinski definition) is 1. The van der Waals surface area contributed by atoms with Crippen LogP contribution in [0.1, 0.15) is 30.5 Å². The number of aromatic nitrogens is 2. The van der Waals surface area contributed by atoms with Crippen LogP contribution in [-0.4, -0.2) is 15.3 Å². The highest BCUT2D eigenvalue weighted by Gasteiger charge is 2.46. The van der Waals surface area contributed by atoms with Crippen LogP contribution in [0.5, 0.6) is 0 Å². The smallest absolute Gasteiger partial charge is 0.295 e. The molecule has 1 aromatic heterocycles. The largest absolute Gasteiger partial charge is 0.319 e. The van der Waals surface area contributed by atoms with Gasteiger partial charge in [-0.15, -0.1) is 0 Å². The molecule has 1 aliphatic rings. The Labute approximate surface area is 158 Å². The first-order valence-corrected chi connectivity index (χ1v) is 9.25. The van der Waals surface area contributed by atoms with Gasteiger partial charge >= 0.3 is 0 Å². The number of anilines is 1. The van der Waals surface area contributed by atoms with Gasteiger partial charge in [-0.05, 0) is 37.5 Å². The van der Waals surface area contributed by atoms with Crippen LogP contribution < -0.4 is 10.9 Å². The Morgan fingerprint density at radius 1 is 1.00 bits per heavy atom. The van der Waals surface area contributed by atoms with Crippen molar-refractivity contribution < 1.29 is 4.79 Å². The van der Waals surface area contributed by atoms with Crippen molar-refractivity contribution in [1.29, 1.82) is 0 Å². The molecule has 0 aliphatic heterocycles. The van der Waals surface area contributed by atoms with Crippen molar-refractivity contribution in [2.24, 2.45) is 7.05 Å². The van der Waals surface area contributed by atoms with Crippen molar-refractivity contribution in [3.8, 4) is 5.69 Å². The molecule has 1 saturated carbocycles. The van der Waals surface area contributed by atoms with Crippen molar-refractivity contribution in [2.75, 3.05) is 5.32 Å². The zero-order chi connectivity index (χ0) is 19.0. The highest BCUT2D eigenvalue weighted by atomic mass is 16.2. The van der Waals surface area contributed by atoms with Gasteiger partial charge in [0.1, 0.15) is 5.69 Å². The van der Waals surface area contributed by atoms with Crippen molar-refractivity contribution in [1.82, 2.24) is 9.36 Å². The number of hydrogen-bond acceptors (Lipinski definition) is 2. The summed E-state index contributed by atoms with van der Waals surface area (Å²) in [5.74, 6) is -0.0917. The summed E-state index contributed by atoms with van der Waals surface area (Å²) in [6.07, 6.45) is 2.63. The molecular weight excluding hydrogens is 338 g/mol. The number of nitrogens with one attached hydrogen (secondary N) is 1. The minimum atomic E-state index is -0.534. The molecule has 0 radical (unpaired) electrons. The van der Waals surface area contributed by atoms with Gasteiger partial charge in [0.25, 0.3) is 5.56 Å². The third kappa shape index (κ3) is 2.70. The predicted molar refractivity (Wildman–Crippen MR) is 106 cm³/mol. The fraction of sp³-hybridized carbons (Fsp3) is 0.273. The van der Waals surface area contributed by atoms with Gasteiger partial charge in [-0.25, -0.2) is 4.68 Å². The van der Waals surface area contributed by atoms with E-state index in [1.54, 1.807) is 9.36 Å². The first-order valence-electron chi connectivity index (χ1n) is 9.25. The topological polar surface area (TPSA) is 56.0 Å². The second-order valence-corrected chi connectivity index (χ2v) is 7.19. The molecule has 1 heterocycles. The minimum Gasteiger partial charge on any atom is -0.319 e. The van der Waals surface area contributed by atoms with Gasteiger partial charge in [0.15, 0.2) is 0 Å². The van der Waals surface area contributed by atoms with Crippen molar-refractivity contribution in [3.05, 3.63) is 82.3 Å². The van der Waals surface area contributed by atoms with E-state index in [-0.39, 0.29) is 11.5 Å². The lowest BCUT2D eigenvalue weighted by molar-refractivity contribution is -0.124. The highest BCUT2D eigenvalue weighted by molar-refractivity contribution is 6.00. The molecule has 1 fully saturated rings. The van der Waals surface area contributed by atoms with E-state index in [2.05, 4.69) is 5.32 Å². The van der Waals surface area contributed by atoms with Crippen LogP contribution in [-0.2, 0) is 17.3 Å². The molecule has 1 aliphatic carbocycles. The summed E-state index contributed by atoms with van der Waals surface area (Å²) in [7, 11) is 1.83. The van der Waals surface area contributed by atoms with Crippen molar-refractivity contribution in [3.63, 3.8) is 0 Å². The maximum absolute atomic E-state index is 13.2. The van der Waals surface area contributed by atoms with Crippen LogP contribution in [0, 0.1) is 6.92 Å². The zero-order valence-corrected chi connectivity index (χ0v) is 15.6. The molecule has 2 aromatic carbocycles. The summed E-state index contributed by atoms with van der Waals surface area (Å²) in [6.45, 7) is 1.85. The van der Waals surface area contributed by atoms with E-state index < -0.39 is 5.41 Å². The number of nitrogens with zero attached hydrogens (tertiary/aromatic N) is 2. The maximum atomic E-state index is 13.2. The highest BCUT2D eigenvalue weighted by Crippen LogP contribution is 2.44. The van der Waals surface area contributed by atoms with Crippen LogP contribution >= 0.6 is 0 Å². The number of amides is 1. The average molecular weight is 361 g/mol. The van der Waals surface area contributed by atoms with Gasteiger partial charge in [0, 0.05) is 7.05 Å². The lowest BCUT2D eigenvalue weighted by Crippen LogP contribution is -2.46. The fourth-order valence-corrected chi connectivity index (χ4v) is 3.88. The molecule has 5 nitrogen and oxygen atoms in total. The molecule has 5 heteroatoms. The normalized spacial score (nSPS) is 15.2. The molecule has 3 aromatic rings. The summed E-state index contributed by atoms with van der Waals surface area (Å²) in [6, 6.07) is 19.3. The van der Waals surface area contributed by atoms with Gasteiger partial charge < -0.3 is 5.32 Å². The molecular formula is C22H23N3O2. The van der Waals surface area contributed by atoms with E-state index >= 15 is 0 Å². The first kappa shape index (κ1) is 17.3. The molecule has 0 spiro atoms. The van der Waals surface area contributed by atoms with Crippen LogP contribution in [0.15, 0.2) is 65.5 Å². The van der Waals surface area contributed by atoms with E-state index in [4.69, 9.17) is 0 Å². The molecule has 27 heavy (non-hydrogen) atoms. The molecule has 0 unspecified atom stereocenters. The first-order chi connectivity index (χ1) is 13.0. The summed E-state index contributed by atoms with van der Waals surface area (Å²) >= 11 is 0. The van der Waals surface area contributed by atoms with Crippen LogP contribution in [0.4, 0.5) is 5.69 Å². The van der Waals surface area contributed by atoms with Crippen LogP contribution in [0.2, 0.25) is 0 Å². The number of carbonyl (C=O) groups is 1. The van der Waals surface area contributed by atoms with E-state index in [0.29, 0.717) is 5.69 Å². The van der Waals surface area contributed by atoms with E-state index in [1.807, 2.05) is 74.6 Å². The van der Waals surface area contributed by atoms with Gasteiger partial charge in [0.2, 0.25) is 5.91 Å². The quantitative estimate of drug-likeness (QED) is 0.773. The SMILES string of the molecule is Cc1c(NC(=O)C2(c3ccccc3)CCC2)c(=O)n(-c2ccccc2)n1C. The number of benzene rings is 2. The third-order valence-electron chi connectivity index (χ3n) is 5.76. The third-order valence-corrected chi connectivity index (χ3v) is 5.76. The number of rotatable bonds is 4. The summed E-state index contributed by atoms with van der Waals surface area (Å²) < 4.78 is 3.37. The average Bonchev–Trinajstić information content (AvgIpc) is 2.86. The molecule has 1 amide bonds. The molecule has 0 saturated heterocycles. The second-order valence-electron chi connectivity index (χ2n) is 7.19. The molecule has 0 atom stereocenters. The molecule has 4 rings (SSSR count). The maximum Gasteiger partial charge on any atom is 0.295 e. The number of carbonyl (C=O) groups excluding carboxylic acids is 1. The van der Waals surface area contributed by atoms with E-state index in [9.17, 15) is 9.59 Å². The lowest BCUT2D eigenvalue weighted by atomic mass is 9.64. The fourth-order valence-electron chi connectivity index (χ4n) is 3.88. The molecule has 138 valence electrons. The van der Waals surface area contributed by atoms with Crippen LogP contribution in [0.3, 0.4) is 0 Å². The van der Waals surface area contributed by atoms with Gasteiger partial charge in [-0.3, -0.25) is 14.3 Å². The van der Waals surface area contributed by atoms with E-state index in [1.165, 1.54) is 0 Å². The standard InChI is InChI=1S/C22H23N3O2/c1-16-19(20(26)25(24(16)2)18-12-7-4-8-13-18)23-21(27)22(14-9-15-22)17-10-5-3-6-11-17/h3-8,10-13H,9,14-15H2,1-2H3,(H,23,27). The predicted octanol–water partition coefficient (Wildman–Crippen LogP) is 3.54. The van der Waals surface area contributed by atoms with Crippen molar-refractivity contribution in [2.45, 2.75) is 31.6 Å². The Balaban J connectivity index is 1.71. The Bertz CT molecular complexity index is 1030. The monoisotopic (exact) mass is 361 g/mol. The number of para-hydroxylation sites is 1. The zero-order valence-electron chi connectivity index (χ0n) is 15.6. The minimum absolute atomic E-state index is 0.0917. The Hall–Kier alpha value is -3.08. The molecule has 0 bridgehead atoms. The van der Waals surface area contributed by atoms with Gasteiger partial charge in [0.05, 0.1) is 16.8 Å².